The minimum atomic E-state index is -0.350. The van der Waals surface area contributed by atoms with Gasteiger partial charge in [0.15, 0.2) is 5.82 Å². The summed E-state index contributed by atoms with van der Waals surface area (Å²) in [7, 11) is 3.19. The first-order chi connectivity index (χ1) is 15.0. The summed E-state index contributed by atoms with van der Waals surface area (Å²) in [5.41, 5.74) is 6.45. The lowest BCUT2D eigenvalue weighted by Gasteiger charge is -2.26. The third-order valence-electron chi connectivity index (χ3n) is 5.06. The average molecular weight is 439 g/mol. The molecule has 0 atom stereocenters. The van der Waals surface area contributed by atoms with E-state index in [1.165, 1.54) is 13.4 Å². The second kappa shape index (κ2) is 8.96. The molecule has 0 saturated heterocycles. The van der Waals surface area contributed by atoms with E-state index in [0.29, 0.717) is 34.7 Å². The standard InChI is InChI=1S/C23H30N6O3/c1-14-8-9-16(21(30)27-32-7)10-18(14)26-20-19-15(2)17(11-29(19)25-13-24-20)22(31)28(6)12-23(3,4)5/h8-11,13H,12H2,1-7H3,(H,27,30)(H,24,25,26). The number of rotatable bonds is 6. The number of fused-ring (bicyclic) bond motifs is 1. The van der Waals surface area contributed by atoms with E-state index >= 15 is 0 Å². The second-order valence-electron chi connectivity index (χ2n) is 9.08. The van der Waals surface area contributed by atoms with Gasteiger partial charge in [-0.3, -0.25) is 14.4 Å². The highest BCUT2D eigenvalue weighted by atomic mass is 16.6. The third kappa shape index (κ3) is 4.88. The normalized spacial score (nSPS) is 11.5. The lowest BCUT2D eigenvalue weighted by atomic mass is 9.96. The molecule has 0 saturated carbocycles. The van der Waals surface area contributed by atoms with E-state index in [1.54, 1.807) is 34.8 Å². The van der Waals surface area contributed by atoms with E-state index in [2.05, 4.69) is 41.7 Å². The van der Waals surface area contributed by atoms with Crippen molar-refractivity contribution < 1.29 is 14.4 Å². The van der Waals surface area contributed by atoms with Crippen LogP contribution in [0.3, 0.4) is 0 Å². The van der Waals surface area contributed by atoms with Gasteiger partial charge in [0.2, 0.25) is 0 Å². The molecule has 2 amide bonds. The van der Waals surface area contributed by atoms with Gasteiger partial charge >= 0.3 is 0 Å². The number of anilines is 2. The molecule has 2 aromatic heterocycles. The van der Waals surface area contributed by atoms with Gasteiger partial charge in [0.05, 0.1) is 12.7 Å². The number of amides is 2. The van der Waals surface area contributed by atoms with Crippen molar-refractivity contribution in [3.8, 4) is 0 Å². The second-order valence-corrected chi connectivity index (χ2v) is 9.08. The summed E-state index contributed by atoms with van der Waals surface area (Å²) in [5, 5.41) is 7.58. The minimum absolute atomic E-state index is 0.0123. The van der Waals surface area contributed by atoms with Gasteiger partial charge in [-0.1, -0.05) is 26.8 Å². The highest BCUT2D eigenvalue weighted by molar-refractivity contribution is 5.99. The Kier molecular flexibility index (Phi) is 6.50. The molecule has 0 radical (unpaired) electrons. The van der Waals surface area contributed by atoms with Gasteiger partial charge in [0, 0.05) is 31.0 Å². The number of hydrogen-bond donors (Lipinski definition) is 2. The van der Waals surface area contributed by atoms with Crippen molar-refractivity contribution in [2.45, 2.75) is 34.6 Å². The van der Waals surface area contributed by atoms with Crippen LogP contribution in [0.2, 0.25) is 0 Å². The van der Waals surface area contributed by atoms with Gasteiger partial charge in [-0.05, 0) is 42.5 Å². The van der Waals surface area contributed by atoms with E-state index in [0.717, 1.165) is 11.1 Å². The van der Waals surface area contributed by atoms with E-state index in [1.807, 2.05) is 19.9 Å². The number of benzene rings is 1. The maximum absolute atomic E-state index is 13.1. The zero-order valence-electron chi connectivity index (χ0n) is 19.6. The van der Waals surface area contributed by atoms with Crippen molar-refractivity contribution in [1.29, 1.82) is 0 Å². The molecule has 0 bridgehead atoms. The van der Waals surface area contributed by atoms with Crippen LogP contribution in [0.4, 0.5) is 11.5 Å². The summed E-state index contributed by atoms with van der Waals surface area (Å²) >= 11 is 0. The van der Waals surface area contributed by atoms with Gasteiger partial charge in [-0.25, -0.2) is 15.0 Å². The van der Waals surface area contributed by atoms with Crippen LogP contribution in [0.15, 0.2) is 30.7 Å². The number of nitrogens with one attached hydrogen (secondary N) is 2. The van der Waals surface area contributed by atoms with Crippen molar-refractivity contribution in [2.75, 3.05) is 26.0 Å². The monoisotopic (exact) mass is 438 g/mol. The van der Waals surface area contributed by atoms with Gasteiger partial charge in [0.1, 0.15) is 11.8 Å². The first kappa shape index (κ1) is 23.2. The van der Waals surface area contributed by atoms with Crippen molar-refractivity contribution in [3.05, 3.63) is 53.0 Å². The average Bonchev–Trinajstić information content (AvgIpc) is 3.05. The smallest absolute Gasteiger partial charge is 0.274 e. The number of aromatic nitrogens is 3. The van der Waals surface area contributed by atoms with Gasteiger partial charge in [-0.15, -0.1) is 0 Å². The fraction of sp³-hybridized carbons (Fsp3) is 0.391. The van der Waals surface area contributed by atoms with E-state index < -0.39 is 0 Å². The first-order valence-electron chi connectivity index (χ1n) is 10.3. The van der Waals surface area contributed by atoms with Crippen LogP contribution in [0.1, 0.15) is 52.6 Å². The molecule has 0 unspecified atom stereocenters. The number of carbonyl (C=O) groups is 2. The van der Waals surface area contributed by atoms with Crippen molar-refractivity contribution in [1.82, 2.24) is 25.0 Å². The predicted octanol–water partition coefficient (Wildman–Crippen LogP) is 3.50. The maximum Gasteiger partial charge on any atom is 0.274 e. The summed E-state index contributed by atoms with van der Waals surface area (Å²) < 4.78 is 1.65. The van der Waals surface area contributed by atoms with Gasteiger partial charge < -0.3 is 10.2 Å². The third-order valence-corrected chi connectivity index (χ3v) is 5.06. The molecule has 0 aliphatic heterocycles. The Morgan fingerprint density at radius 2 is 1.94 bits per heavy atom. The number of carbonyl (C=O) groups excluding carboxylic acids is 2. The maximum atomic E-state index is 13.1. The molecule has 9 nitrogen and oxygen atoms in total. The minimum Gasteiger partial charge on any atom is -0.341 e. The van der Waals surface area contributed by atoms with E-state index in [-0.39, 0.29) is 17.2 Å². The highest BCUT2D eigenvalue weighted by Crippen LogP contribution is 2.28. The van der Waals surface area contributed by atoms with Gasteiger partial charge in [-0.2, -0.15) is 5.10 Å². The zero-order chi connectivity index (χ0) is 23.6. The van der Waals surface area contributed by atoms with Crippen LogP contribution in [0.25, 0.3) is 5.52 Å². The SMILES string of the molecule is CONC(=O)c1ccc(C)c(Nc2ncnn3cc(C(=O)N(C)CC(C)(C)C)c(C)c23)c1. The molecule has 0 aliphatic carbocycles. The number of aryl methyl sites for hydroxylation is 2. The van der Waals surface area contributed by atoms with Crippen LogP contribution < -0.4 is 10.8 Å². The Morgan fingerprint density at radius 1 is 1.22 bits per heavy atom. The molecule has 0 aliphatic rings. The van der Waals surface area contributed by atoms with Crippen LogP contribution in [0.5, 0.6) is 0 Å². The quantitative estimate of drug-likeness (QED) is 0.572. The molecular formula is C23H30N6O3. The highest BCUT2D eigenvalue weighted by Gasteiger charge is 2.24. The molecule has 3 rings (SSSR count). The molecule has 0 fully saturated rings. The number of nitrogens with zero attached hydrogens (tertiary/aromatic N) is 4. The van der Waals surface area contributed by atoms with Crippen molar-refractivity contribution in [3.63, 3.8) is 0 Å². The Morgan fingerprint density at radius 3 is 2.59 bits per heavy atom. The summed E-state index contributed by atoms with van der Waals surface area (Å²) in [6, 6.07) is 5.28. The molecule has 9 heteroatoms. The number of hydroxylamine groups is 1. The van der Waals surface area contributed by atoms with Crippen molar-refractivity contribution >= 4 is 28.8 Å². The summed E-state index contributed by atoms with van der Waals surface area (Å²) in [6.45, 7) is 10.7. The number of hydrogen-bond acceptors (Lipinski definition) is 6. The Bertz CT molecular complexity index is 1160. The fourth-order valence-electron chi connectivity index (χ4n) is 3.63. The summed E-state index contributed by atoms with van der Waals surface area (Å²) in [5.74, 6) is 0.128. The van der Waals surface area contributed by atoms with Crippen LogP contribution in [0, 0.1) is 19.3 Å². The predicted molar refractivity (Wildman–Crippen MR) is 123 cm³/mol. The summed E-state index contributed by atoms with van der Waals surface area (Å²) in [6.07, 6.45) is 3.16. The molecule has 3 aromatic rings. The van der Waals surface area contributed by atoms with Gasteiger partial charge in [0.25, 0.3) is 11.8 Å². The fourth-order valence-corrected chi connectivity index (χ4v) is 3.63. The Hall–Kier alpha value is -3.46. The van der Waals surface area contributed by atoms with Crippen molar-refractivity contribution in [2.24, 2.45) is 5.41 Å². The Balaban J connectivity index is 1.99. The molecule has 2 N–H and O–H groups in total. The van der Waals surface area contributed by atoms with E-state index in [4.69, 9.17) is 4.84 Å². The topological polar surface area (TPSA) is 101 Å². The zero-order valence-corrected chi connectivity index (χ0v) is 19.6. The molecule has 32 heavy (non-hydrogen) atoms. The van der Waals surface area contributed by atoms with E-state index in [9.17, 15) is 9.59 Å². The molecule has 170 valence electrons. The largest absolute Gasteiger partial charge is 0.341 e. The first-order valence-corrected chi connectivity index (χ1v) is 10.3. The van der Waals surface area contributed by atoms with Crippen LogP contribution in [-0.4, -0.2) is 52.0 Å². The molecule has 1 aromatic carbocycles. The lowest BCUT2D eigenvalue weighted by molar-refractivity contribution is 0.0537. The Labute approximate surface area is 187 Å². The summed E-state index contributed by atoms with van der Waals surface area (Å²) in [4.78, 5) is 36.1. The lowest BCUT2D eigenvalue weighted by Crippen LogP contribution is -2.34. The molecule has 2 heterocycles. The van der Waals surface area contributed by atoms with Crippen LogP contribution in [-0.2, 0) is 4.84 Å². The van der Waals surface area contributed by atoms with Crippen LogP contribution >= 0.6 is 0 Å². The molecular weight excluding hydrogens is 408 g/mol. The molecule has 0 spiro atoms.